The van der Waals surface area contributed by atoms with Crippen molar-refractivity contribution in [3.05, 3.63) is 41.2 Å². The van der Waals surface area contributed by atoms with Crippen LogP contribution in [0.2, 0.25) is 0 Å². The van der Waals surface area contributed by atoms with E-state index in [-0.39, 0.29) is 11.2 Å². The molecule has 0 saturated carbocycles. The van der Waals surface area contributed by atoms with E-state index >= 15 is 0 Å². The molecule has 0 spiro atoms. The lowest BCUT2D eigenvalue weighted by atomic mass is 9.83. The van der Waals surface area contributed by atoms with Gasteiger partial charge in [-0.25, -0.2) is 4.39 Å². The highest BCUT2D eigenvalue weighted by Crippen LogP contribution is 2.32. The average Bonchev–Trinajstić information content (AvgIpc) is 2.37. The summed E-state index contributed by atoms with van der Waals surface area (Å²) in [5.41, 5.74) is 2.57. The maximum Gasteiger partial charge on any atom is 0.147 e. The first-order valence-electron chi connectivity index (χ1n) is 6.56. The molecule has 0 fully saturated rings. The molecule has 0 aromatic heterocycles. The Morgan fingerprint density at radius 2 is 2.05 bits per heavy atom. The molecule has 0 N–H and O–H groups in total. The molecule has 1 aromatic rings. The van der Waals surface area contributed by atoms with Gasteiger partial charge in [-0.15, -0.1) is 0 Å². The largest absolute Gasteiger partial charge is 0.365 e. The molecule has 1 aromatic carbocycles. The van der Waals surface area contributed by atoms with Crippen molar-refractivity contribution in [2.75, 3.05) is 18.0 Å². The molecule has 1 aliphatic heterocycles. The van der Waals surface area contributed by atoms with Crippen molar-refractivity contribution >= 4 is 5.69 Å². The van der Waals surface area contributed by atoms with Crippen LogP contribution >= 0.6 is 0 Å². The van der Waals surface area contributed by atoms with Crippen LogP contribution in [0.1, 0.15) is 32.8 Å². The maximum absolute atomic E-state index is 13.9. The van der Waals surface area contributed by atoms with Crippen LogP contribution in [0, 0.1) is 22.6 Å². The number of halogens is 1. The molecule has 1 heterocycles. The van der Waals surface area contributed by atoms with Crippen LogP contribution in [0.25, 0.3) is 0 Å². The van der Waals surface area contributed by atoms with Gasteiger partial charge in [0.15, 0.2) is 0 Å². The van der Waals surface area contributed by atoms with Crippen molar-refractivity contribution in [3.8, 4) is 6.07 Å². The summed E-state index contributed by atoms with van der Waals surface area (Å²) in [5, 5.41) is 8.75. The fraction of sp³-hybridized carbons (Fsp3) is 0.438. The van der Waals surface area contributed by atoms with Gasteiger partial charge in [0.05, 0.1) is 17.3 Å². The number of hydrogen-bond donors (Lipinski definition) is 0. The van der Waals surface area contributed by atoms with Gasteiger partial charge in [-0.05, 0) is 30.0 Å². The van der Waals surface area contributed by atoms with E-state index < -0.39 is 0 Å². The smallest absolute Gasteiger partial charge is 0.147 e. The minimum atomic E-state index is -0.313. The van der Waals surface area contributed by atoms with Crippen LogP contribution in [-0.4, -0.2) is 13.1 Å². The van der Waals surface area contributed by atoms with E-state index in [2.05, 4.69) is 26.8 Å². The van der Waals surface area contributed by atoms with Crippen molar-refractivity contribution in [2.45, 2.75) is 27.2 Å². The first-order chi connectivity index (χ1) is 8.91. The van der Waals surface area contributed by atoms with Gasteiger partial charge in [-0.3, -0.25) is 0 Å². The number of rotatable bonds is 1. The topological polar surface area (TPSA) is 27.0 Å². The van der Waals surface area contributed by atoms with E-state index in [0.29, 0.717) is 11.3 Å². The minimum Gasteiger partial charge on any atom is -0.365 e. The molecule has 0 atom stereocenters. The zero-order valence-corrected chi connectivity index (χ0v) is 11.7. The maximum atomic E-state index is 13.9. The molecule has 0 amide bonds. The number of anilines is 1. The number of nitrogens with zero attached hydrogens (tertiary/aromatic N) is 2. The van der Waals surface area contributed by atoms with Gasteiger partial charge in [-0.2, -0.15) is 5.26 Å². The van der Waals surface area contributed by atoms with Gasteiger partial charge in [0.1, 0.15) is 5.82 Å². The second-order valence-electron chi connectivity index (χ2n) is 5.95. The zero-order chi connectivity index (χ0) is 14.0. The van der Waals surface area contributed by atoms with Crippen molar-refractivity contribution < 1.29 is 4.39 Å². The Labute approximate surface area is 114 Å². The summed E-state index contributed by atoms with van der Waals surface area (Å²) < 4.78 is 13.9. The summed E-state index contributed by atoms with van der Waals surface area (Å²) >= 11 is 0. The molecule has 2 rings (SSSR count). The van der Waals surface area contributed by atoms with Gasteiger partial charge < -0.3 is 4.90 Å². The number of benzene rings is 1. The van der Waals surface area contributed by atoms with Crippen LogP contribution < -0.4 is 4.90 Å². The Hall–Kier alpha value is -1.82. The minimum absolute atomic E-state index is 0.190. The molecule has 1 aliphatic rings. The summed E-state index contributed by atoms with van der Waals surface area (Å²) in [6.45, 7) is 8.17. The standard InChI is InChI=1S/C16H19FN2/c1-16(2,3)13-6-8-19(9-7-13)15-5-4-12(11-18)10-14(15)17/h4-6,10H,7-9H2,1-3H3. The highest BCUT2D eigenvalue weighted by molar-refractivity contribution is 5.52. The van der Waals surface area contributed by atoms with Crippen LogP contribution in [0.5, 0.6) is 0 Å². The van der Waals surface area contributed by atoms with Crippen molar-refractivity contribution in [1.82, 2.24) is 0 Å². The van der Waals surface area contributed by atoms with E-state index in [4.69, 9.17) is 5.26 Å². The van der Waals surface area contributed by atoms with E-state index in [1.165, 1.54) is 11.6 Å². The summed E-state index contributed by atoms with van der Waals surface area (Å²) in [5.74, 6) is -0.313. The third-order valence-corrected chi connectivity index (χ3v) is 3.59. The number of hydrogen-bond acceptors (Lipinski definition) is 2. The molecule has 3 heteroatoms. The summed E-state index contributed by atoms with van der Waals surface area (Å²) in [7, 11) is 0. The molecule has 0 unspecified atom stereocenters. The molecule has 0 aliphatic carbocycles. The van der Waals surface area contributed by atoms with Gasteiger partial charge in [0.25, 0.3) is 0 Å². The fourth-order valence-corrected chi connectivity index (χ4v) is 2.40. The molecule has 0 radical (unpaired) electrons. The van der Waals surface area contributed by atoms with Gasteiger partial charge in [0.2, 0.25) is 0 Å². The van der Waals surface area contributed by atoms with E-state index in [9.17, 15) is 4.39 Å². The molecule has 0 saturated heterocycles. The lowest BCUT2D eigenvalue weighted by Crippen LogP contribution is -2.31. The average molecular weight is 258 g/mol. The lowest BCUT2D eigenvalue weighted by molar-refractivity contribution is 0.471. The second kappa shape index (κ2) is 5.05. The van der Waals surface area contributed by atoms with Gasteiger partial charge in [0, 0.05) is 13.1 Å². The Morgan fingerprint density at radius 3 is 2.53 bits per heavy atom. The predicted octanol–water partition coefficient (Wildman–Crippen LogP) is 3.88. The quantitative estimate of drug-likeness (QED) is 0.715. The summed E-state index contributed by atoms with van der Waals surface area (Å²) in [4.78, 5) is 2.02. The lowest BCUT2D eigenvalue weighted by Gasteiger charge is -2.33. The van der Waals surface area contributed by atoms with E-state index in [0.717, 1.165) is 19.5 Å². The van der Waals surface area contributed by atoms with Gasteiger partial charge in [-0.1, -0.05) is 32.4 Å². The van der Waals surface area contributed by atoms with Crippen molar-refractivity contribution in [1.29, 1.82) is 5.26 Å². The Balaban J connectivity index is 2.19. The molecule has 0 bridgehead atoms. The summed E-state index contributed by atoms with van der Waals surface area (Å²) in [6, 6.07) is 6.62. The Bertz CT molecular complexity index is 547. The van der Waals surface area contributed by atoms with E-state index in [1.807, 2.05) is 11.0 Å². The summed E-state index contributed by atoms with van der Waals surface area (Å²) in [6.07, 6.45) is 3.16. The van der Waals surface area contributed by atoms with Crippen LogP contribution in [0.4, 0.5) is 10.1 Å². The van der Waals surface area contributed by atoms with E-state index in [1.54, 1.807) is 12.1 Å². The zero-order valence-electron chi connectivity index (χ0n) is 11.7. The highest BCUT2D eigenvalue weighted by atomic mass is 19.1. The van der Waals surface area contributed by atoms with Crippen LogP contribution in [-0.2, 0) is 0 Å². The van der Waals surface area contributed by atoms with Crippen molar-refractivity contribution in [3.63, 3.8) is 0 Å². The normalized spacial score (nSPS) is 15.9. The molecule has 19 heavy (non-hydrogen) atoms. The van der Waals surface area contributed by atoms with Crippen LogP contribution in [0.3, 0.4) is 0 Å². The SMILES string of the molecule is CC(C)(C)C1=CCN(c2ccc(C#N)cc2F)CC1. The van der Waals surface area contributed by atoms with Crippen LogP contribution in [0.15, 0.2) is 29.8 Å². The first-order valence-corrected chi connectivity index (χ1v) is 6.56. The fourth-order valence-electron chi connectivity index (χ4n) is 2.40. The molecular weight excluding hydrogens is 239 g/mol. The molecular formula is C16H19FN2. The third-order valence-electron chi connectivity index (χ3n) is 3.59. The first kappa shape index (κ1) is 13.6. The predicted molar refractivity (Wildman–Crippen MR) is 75.5 cm³/mol. The number of nitriles is 1. The third kappa shape index (κ3) is 2.96. The monoisotopic (exact) mass is 258 g/mol. The Kier molecular flexibility index (Phi) is 3.61. The Morgan fingerprint density at radius 1 is 1.32 bits per heavy atom. The molecule has 100 valence electrons. The second-order valence-corrected chi connectivity index (χ2v) is 5.95. The highest BCUT2D eigenvalue weighted by Gasteiger charge is 2.22. The van der Waals surface area contributed by atoms with Gasteiger partial charge >= 0.3 is 0 Å². The van der Waals surface area contributed by atoms with Crippen molar-refractivity contribution in [2.24, 2.45) is 5.41 Å². The molecule has 2 nitrogen and oxygen atoms in total.